The number of hydrogen-bond acceptors (Lipinski definition) is 4. The van der Waals surface area contributed by atoms with Gasteiger partial charge in [-0.25, -0.2) is 14.9 Å². The van der Waals surface area contributed by atoms with E-state index < -0.39 is 11.7 Å². The normalized spacial score (nSPS) is 15.3. The largest absolute Gasteiger partial charge is 0.352 e. The van der Waals surface area contributed by atoms with E-state index in [-0.39, 0.29) is 5.82 Å². The molecule has 1 saturated carbocycles. The van der Waals surface area contributed by atoms with Crippen molar-refractivity contribution in [3.05, 3.63) is 48.2 Å². The number of hydrogen-bond donors (Lipinski definition) is 3. The van der Waals surface area contributed by atoms with Gasteiger partial charge in [0.25, 0.3) is 5.91 Å². The Morgan fingerprint density at radius 1 is 1.38 bits per heavy atom. The molecule has 1 aliphatic carbocycles. The average Bonchev–Trinajstić information content (AvgIpc) is 3.09. The zero-order valence-electron chi connectivity index (χ0n) is 14.5. The Labute approximate surface area is 151 Å². The number of nitrogens with one attached hydrogen (secondary N) is 2. The SMILES string of the molecule is O=C(C=Cc1cnc(Nc2ccn(CC3CCCCC3)c2)c(F)c1)NO. The molecule has 2 heterocycles. The zero-order valence-corrected chi connectivity index (χ0v) is 14.5. The maximum Gasteiger partial charge on any atom is 0.267 e. The molecule has 0 bridgehead atoms. The summed E-state index contributed by atoms with van der Waals surface area (Å²) in [5, 5.41) is 11.4. The summed E-state index contributed by atoms with van der Waals surface area (Å²) in [4.78, 5) is 15.0. The van der Waals surface area contributed by atoms with E-state index in [4.69, 9.17) is 5.21 Å². The quantitative estimate of drug-likeness (QED) is 0.416. The van der Waals surface area contributed by atoms with Gasteiger partial charge in [0.1, 0.15) is 0 Å². The second-order valence-electron chi connectivity index (χ2n) is 6.63. The molecule has 2 aromatic heterocycles. The van der Waals surface area contributed by atoms with Gasteiger partial charge in [0.15, 0.2) is 11.6 Å². The van der Waals surface area contributed by atoms with Gasteiger partial charge < -0.3 is 9.88 Å². The van der Waals surface area contributed by atoms with Crippen LogP contribution < -0.4 is 10.8 Å². The maximum atomic E-state index is 14.2. The Kier molecular flexibility index (Phi) is 6.01. The molecule has 1 fully saturated rings. The summed E-state index contributed by atoms with van der Waals surface area (Å²) >= 11 is 0. The Bertz CT molecular complexity index is 782. The summed E-state index contributed by atoms with van der Waals surface area (Å²) in [6, 6.07) is 3.18. The van der Waals surface area contributed by atoms with Gasteiger partial charge in [-0.05, 0) is 42.5 Å². The minimum Gasteiger partial charge on any atom is -0.352 e. The van der Waals surface area contributed by atoms with Crippen LogP contribution in [0.1, 0.15) is 37.7 Å². The lowest BCUT2D eigenvalue weighted by Crippen LogP contribution is -2.14. The number of hydroxylamine groups is 1. The molecule has 0 spiro atoms. The van der Waals surface area contributed by atoms with Crippen molar-refractivity contribution in [3.8, 4) is 0 Å². The van der Waals surface area contributed by atoms with E-state index in [1.165, 1.54) is 55.9 Å². The third-order valence-electron chi connectivity index (χ3n) is 4.61. The van der Waals surface area contributed by atoms with E-state index in [0.29, 0.717) is 5.56 Å². The van der Waals surface area contributed by atoms with Crippen molar-refractivity contribution < 1.29 is 14.4 Å². The number of halogens is 1. The second-order valence-corrected chi connectivity index (χ2v) is 6.63. The first-order chi connectivity index (χ1) is 12.6. The summed E-state index contributed by atoms with van der Waals surface area (Å²) in [6.07, 6.45) is 14.4. The first-order valence-corrected chi connectivity index (χ1v) is 8.84. The molecular formula is C19H23FN4O2. The Hall–Kier alpha value is -2.67. The highest BCUT2D eigenvalue weighted by Crippen LogP contribution is 2.26. The molecule has 138 valence electrons. The number of aromatic nitrogens is 2. The number of rotatable bonds is 6. The first kappa shape index (κ1) is 18.1. The predicted molar refractivity (Wildman–Crippen MR) is 97.4 cm³/mol. The second kappa shape index (κ2) is 8.62. The first-order valence-electron chi connectivity index (χ1n) is 8.84. The Morgan fingerprint density at radius 3 is 2.92 bits per heavy atom. The van der Waals surface area contributed by atoms with Crippen molar-refractivity contribution in [2.45, 2.75) is 38.6 Å². The van der Waals surface area contributed by atoms with Crippen LogP contribution in [0.4, 0.5) is 15.9 Å². The van der Waals surface area contributed by atoms with Crippen molar-refractivity contribution >= 4 is 23.5 Å². The van der Waals surface area contributed by atoms with Crippen LogP contribution in [-0.2, 0) is 11.3 Å². The highest BCUT2D eigenvalue weighted by molar-refractivity contribution is 5.90. The molecule has 6 nitrogen and oxygen atoms in total. The summed E-state index contributed by atoms with van der Waals surface area (Å²) in [5.41, 5.74) is 2.68. The summed E-state index contributed by atoms with van der Waals surface area (Å²) in [6.45, 7) is 0.994. The van der Waals surface area contributed by atoms with Crippen LogP contribution in [0.3, 0.4) is 0 Å². The van der Waals surface area contributed by atoms with Crippen LogP contribution >= 0.6 is 0 Å². The van der Waals surface area contributed by atoms with Crippen LogP contribution in [-0.4, -0.2) is 20.7 Å². The van der Waals surface area contributed by atoms with E-state index >= 15 is 0 Å². The topological polar surface area (TPSA) is 79.2 Å². The van der Waals surface area contributed by atoms with Crippen LogP contribution in [0.15, 0.2) is 36.8 Å². The van der Waals surface area contributed by atoms with Crippen molar-refractivity contribution in [2.75, 3.05) is 5.32 Å². The van der Waals surface area contributed by atoms with Crippen molar-refractivity contribution in [2.24, 2.45) is 5.92 Å². The standard InChI is InChI=1S/C19H23FN4O2/c20-17-10-15(6-7-18(25)23-26)11-21-19(17)22-16-8-9-24(13-16)12-14-4-2-1-3-5-14/h6-11,13-14,26H,1-5,12H2,(H,21,22)(H,23,25). The number of carbonyl (C=O) groups is 1. The highest BCUT2D eigenvalue weighted by atomic mass is 19.1. The molecule has 0 aromatic carbocycles. The monoisotopic (exact) mass is 358 g/mol. The van der Waals surface area contributed by atoms with E-state index in [0.717, 1.165) is 24.2 Å². The summed E-state index contributed by atoms with van der Waals surface area (Å²) in [7, 11) is 0. The fourth-order valence-electron chi connectivity index (χ4n) is 3.28. The third-order valence-corrected chi connectivity index (χ3v) is 4.61. The van der Waals surface area contributed by atoms with Crippen LogP contribution in [0.5, 0.6) is 0 Å². The number of carbonyl (C=O) groups excluding carboxylic acids is 1. The van der Waals surface area contributed by atoms with Gasteiger partial charge in [0, 0.05) is 31.2 Å². The molecule has 0 atom stereocenters. The van der Waals surface area contributed by atoms with E-state index in [2.05, 4.69) is 14.9 Å². The molecule has 3 rings (SSSR count). The molecule has 26 heavy (non-hydrogen) atoms. The summed E-state index contributed by atoms with van der Waals surface area (Å²) in [5.74, 6) is -0.353. The van der Waals surface area contributed by atoms with Gasteiger partial charge in [-0.3, -0.25) is 10.0 Å². The van der Waals surface area contributed by atoms with Gasteiger partial charge in [-0.2, -0.15) is 0 Å². The lowest BCUT2D eigenvalue weighted by Gasteiger charge is -2.21. The van der Waals surface area contributed by atoms with Gasteiger partial charge in [-0.1, -0.05) is 19.3 Å². The van der Waals surface area contributed by atoms with Crippen molar-refractivity contribution in [3.63, 3.8) is 0 Å². The van der Waals surface area contributed by atoms with Crippen molar-refractivity contribution in [1.29, 1.82) is 0 Å². The van der Waals surface area contributed by atoms with Crippen LogP contribution in [0.2, 0.25) is 0 Å². The van der Waals surface area contributed by atoms with Crippen LogP contribution in [0, 0.1) is 11.7 Å². The van der Waals surface area contributed by atoms with E-state index in [1.807, 2.05) is 18.5 Å². The molecule has 3 N–H and O–H groups in total. The molecule has 0 unspecified atom stereocenters. The number of nitrogens with zero attached hydrogens (tertiary/aromatic N) is 2. The zero-order chi connectivity index (χ0) is 18.4. The molecule has 0 aliphatic heterocycles. The van der Waals surface area contributed by atoms with Gasteiger partial charge >= 0.3 is 0 Å². The highest BCUT2D eigenvalue weighted by Gasteiger charge is 2.14. The molecular weight excluding hydrogens is 335 g/mol. The fourth-order valence-corrected chi connectivity index (χ4v) is 3.28. The number of anilines is 2. The lowest BCUT2D eigenvalue weighted by atomic mass is 9.89. The average molecular weight is 358 g/mol. The predicted octanol–water partition coefficient (Wildman–Crippen LogP) is 3.86. The Balaban J connectivity index is 1.61. The van der Waals surface area contributed by atoms with Gasteiger partial charge in [0.05, 0.1) is 5.69 Å². The fraction of sp³-hybridized carbons (Fsp3) is 0.368. The molecule has 1 aliphatic rings. The third kappa shape index (κ3) is 4.92. The van der Waals surface area contributed by atoms with E-state index in [9.17, 15) is 9.18 Å². The molecule has 7 heteroatoms. The van der Waals surface area contributed by atoms with E-state index in [1.54, 1.807) is 0 Å². The molecule has 2 aromatic rings. The Morgan fingerprint density at radius 2 is 2.19 bits per heavy atom. The van der Waals surface area contributed by atoms with Crippen LogP contribution in [0.25, 0.3) is 6.08 Å². The minimum atomic E-state index is -0.688. The molecule has 0 saturated heterocycles. The van der Waals surface area contributed by atoms with Crippen molar-refractivity contribution in [1.82, 2.24) is 15.0 Å². The summed E-state index contributed by atoms with van der Waals surface area (Å²) < 4.78 is 16.3. The van der Waals surface area contributed by atoms with Gasteiger partial charge in [-0.15, -0.1) is 0 Å². The number of pyridine rings is 1. The lowest BCUT2D eigenvalue weighted by molar-refractivity contribution is -0.124. The molecule has 0 radical (unpaired) electrons. The van der Waals surface area contributed by atoms with Gasteiger partial charge in [0.2, 0.25) is 0 Å². The maximum absolute atomic E-state index is 14.2. The number of amides is 1. The smallest absolute Gasteiger partial charge is 0.267 e. The molecule has 1 amide bonds. The minimum absolute atomic E-state index is 0.129.